The summed E-state index contributed by atoms with van der Waals surface area (Å²) in [6, 6.07) is 6.96. The molecule has 44 heavy (non-hydrogen) atoms. The van der Waals surface area contributed by atoms with E-state index in [1.807, 2.05) is 19.9 Å². The number of allylic oxidation sites excluding steroid dienone is 2. The molecule has 2 amide bonds. The molecule has 5 N–H and O–H groups in total. The zero-order valence-corrected chi connectivity index (χ0v) is 25.1. The molecule has 0 radical (unpaired) electrons. The topological polar surface area (TPSA) is 203 Å². The highest BCUT2D eigenvalue weighted by Gasteiger charge is 2.53. The maximum atomic E-state index is 13.3. The van der Waals surface area contributed by atoms with Crippen LogP contribution in [0.3, 0.4) is 0 Å². The fourth-order valence-electron chi connectivity index (χ4n) is 5.05. The summed E-state index contributed by atoms with van der Waals surface area (Å²) in [6.45, 7) is 8.63. The van der Waals surface area contributed by atoms with Gasteiger partial charge in [-0.3, -0.25) is 4.79 Å². The quantitative estimate of drug-likeness (QED) is 0.215. The van der Waals surface area contributed by atoms with Crippen LogP contribution in [0, 0.1) is 6.92 Å². The molecule has 0 unspecified atom stereocenters. The average Bonchev–Trinajstić information content (AvgIpc) is 2.94. The van der Waals surface area contributed by atoms with Gasteiger partial charge in [0.05, 0.1) is 5.60 Å². The Morgan fingerprint density at radius 1 is 1.20 bits per heavy atom. The van der Waals surface area contributed by atoms with Gasteiger partial charge in [-0.25, -0.2) is 9.59 Å². The van der Waals surface area contributed by atoms with Gasteiger partial charge in [0.15, 0.2) is 12.2 Å². The second kappa shape index (κ2) is 12.6. The van der Waals surface area contributed by atoms with Crippen molar-refractivity contribution in [2.24, 2.45) is 5.73 Å². The standard InChI is InChI=1S/C31H36N2O11/c1-14(2)7-8-16-13-17(9-11-19(16)34)27(37)33-21-22(35)18-10-12-20(15(3)24(18)42-28(21)38)41-29-23(36)25(43-30(32)39)26(40-6)31(4,5)44-29/h7,9-13,23,25-26,29,34-36H,8H2,1-6H3,(H2,32,39)(H,33,37)/p-1/t23-,25+,26+,29-/m0/s1. The zero-order chi connectivity index (χ0) is 32.5. The number of carbonyl (C=O) groups is 2. The minimum atomic E-state index is -1.53. The second-order valence-corrected chi connectivity index (χ2v) is 11.2. The second-order valence-electron chi connectivity index (χ2n) is 11.2. The number of nitrogens with two attached hydrogens (primary N) is 1. The van der Waals surface area contributed by atoms with Crippen molar-refractivity contribution < 1.29 is 48.3 Å². The Bertz CT molecular complexity index is 1670. The van der Waals surface area contributed by atoms with Gasteiger partial charge < -0.3 is 49.7 Å². The Hall–Kier alpha value is -4.59. The van der Waals surface area contributed by atoms with Crippen molar-refractivity contribution in [3.8, 4) is 17.2 Å². The van der Waals surface area contributed by atoms with Gasteiger partial charge in [0, 0.05) is 23.6 Å². The fourth-order valence-corrected chi connectivity index (χ4v) is 5.05. The summed E-state index contributed by atoms with van der Waals surface area (Å²) in [5.74, 6) is -1.42. The van der Waals surface area contributed by atoms with Crippen LogP contribution in [0.4, 0.5) is 10.5 Å². The largest absolute Gasteiger partial charge is 0.870 e. The number of ether oxygens (including phenoxy) is 4. The number of benzene rings is 2. The third kappa shape index (κ3) is 6.49. The third-order valence-corrected chi connectivity index (χ3v) is 7.31. The number of phenolic OH excluding ortho intramolecular Hbond substituents is 1. The zero-order valence-electron chi connectivity index (χ0n) is 25.1. The van der Waals surface area contributed by atoms with Gasteiger partial charge in [0.25, 0.3) is 5.91 Å². The normalized spacial score (nSPS) is 21.0. The molecule has 1 fully saturated rings. The van der Waals surface area contributed by atoms with Gasteiger partial charge in [-0.05, 0) is 76.9 Å². The molecule has 2 heterocycles. The van der Waals surface area contributed by atoms with E-state index in [0.717, 1.165) is 5.57 Å². The number of hydrogen-bond donors (Lipinski definition) is 4. The predicted molar refractivity (Wildman–Crippen MR) is 157 cm³/mol. The molecule has 1 aliphatic rings. The molecular weight excluding hydrogens is 576 g/mol. The van der Waals surface area contributed by atoms with E-state index in [-0.39, 0.29) is 33.6 Å². The van der Waals surface area contributed by atoms with Gasteiger partial charge >= 0.3 is 11.7 Å². The third-order valence-electron chi connectivity index (χ3n) is 7.31. The lowest BCUT2D eigenvalue weighted by Gasteiger charge is -2.47. The van der Waals surface area contributed by atoms with Crippen molar-refractivity contribution in [2.75, 3.05) is 12.4 Å². The molecule has 3 aromatic rings. The van der Waals surface area contributed by atoms with E-state index < -0.39 is 59.3 Å². The number of nitrogens with one attached hydrogen (secondary N) is 1. The van der Waals surface area contributed by atoms with Gasteiger partial charge in [-0.15, -0.1) is 0 Å². The molecule has 13 nitrogen and oxygen atoms in total. The molecule has 1 saturated heterocycles. The van der Waals surface area contributed by atoms with Crippen molar-refractivity contribution in [2.45, 2.75) is 71.2 Å². The maximum Gasteiger partial charge on any atom is 0.404 e. The molecule has 4 rings (SSSR count). The molecule has 13 heteroatoms. The van der Waals surface area contributed by atoms with Crippen LogP contribution < -0.4 is 26.5 Å². The van der Waals surface area contributed by atoms with Crippen LogP contribution in [-0.4, -0.2) is 59.5 Å². The number of anilines is 1. The monoisotopic (exact) mass is 611 g/mol. The first-order valence-corrected chi connectivity index (χ1v) is 13.7. The van der Waals surface area contributed by atoms with E-state index in [0.29, 0.717) is 12.0 Å². The summed E-state index contributed by atoms with van der Waals surface area (Å²) in [4.78, 5) is 37.4. The minimum Gasteiger partial charge on any atom is -0.870 e. The summed E-state index contributed by atoms with van der Waals surface area (Å²) < 4.78 is 27.8. The summed E-state index contributed by atoms with van der Waals surface area (Å²) in [6.07, 6.45) is -3.88. The SMILES string of the molecule is CO[C@@H]1[C@H](OC(N)=O)[C@H](O)[C@@H](Oc2ccc3c([O-])c(NC(=O)c4ccc(O)c(CC=C(C)C)c4)c(=O)oc3c2C)OC1(C)C. The van der Waals surface area contributed by atoms with Crippen molar-refractivity contribution in [3.05, 3.63) is 69.1 Å². The highest BCUT2D eigenvalue weighted by Crippen LogP contribution is 2.38. The lowest BCUT2D eigenvalue weighted by Crippen LogP contribution is -2.65. The van der Waals surface area contributed by atoms with E-state index in [1.165, 1.54) is 44.4 Å². The van der Waals surface area contributed by atoms with E-state index in [2.05, 4.69) is 5.32 Å². The van der Waals surface area contributed by atoms with Crippen molar-refractivity contribution in [1.29, 1.82) is 0 Å². The molecule has 0 saturated carbocycles. The first kappa shape index (κ1) is 32.3. The van der Waals surface area contributed by atoms with Crippen LogP contribution >= 0.6 is 0 Å². The number of fused-ring (bicyclic) bond motifs is 1. The molecular formula is C31H35N2O11-. The Morgan fingerprint density at radius 2 is 1.91 bits per heavy atom. The Kier molecular flexibility index (Phi) is 9.23. The van der Waals surface area contributed by atoms with Gasteiger partial charge in [-0.2, -0.15) is 0 Å². The molecule has 236 valence electrons. The Balaban J connectivity index is 1.63. The lowest BCUT2D eigenvalue weighted by molar-refractivity contribution is -0.304. The van der Waals surface area contributed by atoms with Gasteiger partial charge in [0.1, 0.15) is 28.9 Å². The van der Waals surface area contributed by atoms with Crippen LogP contribution in [0.25, 0.3) is 11.0 Å². The van der Waals surface area contributed by atoms with E-state index >= 15 is 0 Å². The first-order chi connectivity index (χ1) is 20.6. The molecule has 0 bridgehead atoms. The number of primary amides is 1. The van der Waals surface area contributed by atoms with E-state index in [4.69, 9.17) is 29.1 Å². The fraction of sp³-hybridized carbons (Fsp3) is 0.387. The number of rotatable bonds is 8. The van der Waals surface area contributed by atoms with Crippen LogP contribution in [0.5, 0.6) is 17.2 Å². The maximum absolute atomic E-state index is 13.3. The molecule has 4 atom stereocenters. The average molecular weight is 612 g/mol. The number of aliphatic hydroxyl groups is 1. The van der Waals surface area contributed by atoms with Crippen LogP contribution in [-0.2, 0) is 20.6 Å². The summed E-state index contributed by atoms with van der Waals surface area (Å²) in [5, 5.41) is 36.7. The van der Waals surface area contributed by atoms with E-state index in [9.17, 15) is 29.7 Å². The van der Waals surface area contributed by atoms with Crippen LogP contribution in [0.1, 0.15) is 49.2 Å². The number of amides is 2. The van der Waals surface area contributed by atoms with Crippen molar-refractivity contribution >= 4 is 28.7 Å². The summed E-state index contributed by atoms with van der Waals surface area (Å²) >= 11 is 0. The smallest absolute Gasteiger partial charge is 0.404 e. The number of aryl methyl sites for hydroxylation is 1. The van der Waals surface area contributed by atoms with Crippen LogP contribution in [0.2, 0.25) is 0 Å². The molecule has 0 spiro atoms. The van der Waals surface area contributed by atoms with E-state index in [1.54, 1.807) is 13.8 Å². The number of hydrogen-bond acceptors (Lipinski definition) is 11. The number of phenols is 1. The van der Waals surface area contributed by atoms with Gasteiger partial charge in [0.2, 0.25) is 6.29 Å². The number of carbonyl (C=O) groups excluding carboxylic acids is 2. The number of methoxy groups -OCH3 is 1. The first-order valence-electron chi connectivity index (χ1n) is 13.7. The summed E-state index contributed by atoms with van der Waals surface area (Å²) in [5.41, 5.74) is 4.19. The highest BCUT2D eigenvalue weighted by molar-refractivity contribution is 6.06. The minimum absolute atomic E-state index is 0.00594. The molecule has 1 aromatic heterocycles. The molecule has 0 aliphatic carbocycles. The number of aliphatic hydroxyl groups excluding tert-OH is 1. The van der Waals surface area contributed by atoms with Gasteiger partial charge in [-0.1, -0.05) is 17.4 Å². The Labute approximate surface area is 252 Å². The predicted octanol–water partition coefficient (Wildman–Crippen LogP) is 3.00. The highest BCUT2D eigenvalue weighted by atomic mass is 16.7. The Morgan fingerprint density at radius 3 is 2.55 bits per heavy atom. The number of aromatic hydroxyl groups is 1. The van der Waals surface area contributed by atoms with Crippen molar-refractivity contribution in [1.82, 2.24) is 0 Å². The molecule has 2 aromatic carbocycles. The van der Waals surface area contributed by atoms with Crippen molar-refractivity contribution in [3.63, 3.8) is 0 Å². The molecule has 1 aliphatic heterocycles. The summed E-state index contributed by atoms with van der Waals surface area (Å²) in [7, 11) is 1.36. The van der Waals surface area contributed by atoms with Crippen LogP contribution in [0.15, 0.2) is 51.2 Å². The lowest BCUT2D eigenvalue weighted by atomic mass is 9.89.